The molecule has 0 unspecified atom stereocenters. The largest absolute Gasteiger partial charge is 0.389 e. The number of anilines is 1. The van der Waals surface area contributed by atoms with Crippen LogP contribution in [0.3, 0.4) is 0 Å². The molecule has 0 aliphatic rings. The fraction of sp³-hybridized carbons (Fsp3) is 0.273. The van der Waals surface area contributed by atoms with Crippen LogP contribution in [0.25, 0.3) is 17.0 Å². The molecule has 0 radical (unpaired) electrons. The highest BCUT2D eigenvalue weighted by molar-refractivity contribution is 7.10. The second-order valence-corrected chi connectivity index (χ2v) is 4.97. The maximum Gasteiger partial charge on any atom is 0.174 e. The van der Waals surface area contributed by atoms with Crippen LogP contribution < -0.4 is 5.73 Å². The van der Waals surface area contributed by atoms with E-state index in [2.05, 4.69) is 19.6 Å². The first-order chi connectivity index (χ1) is 8.58. The van der Waals surface area contributed by atoms with Crippen LogP contribution in [0.4, 0.5) is 5.00 Å². The van der Waals surface area contributed by atoms with Crippen molar-refractivity contribution in [3.63, 3.8) is 0 Å². The van der Waals surface area contributed by atoms with Gasteiger partial charge in [-0.15, -0.1) is 10.2 Å². The summed E-state index contributed by atoms with van der Waals surface area (Å²) in [5.41, 5.74) is 9.37. The lowest BCUT2D eigenvalue weighted by Gasteiger charge is -2.04. The van der Waals surface area contributed by atoms with Crippen LogP contribution in [0.2, 0.25) is 0 Å². The minimum atomic E-state index is 0.654. The quantitative estimate of drug-likeness (QED) is 0.721. The van der Waals surface area contributed by atoms with E-state index < -0.39 is 0 Å². The maximum absolute atomic E-state index is 5.96. The Morgan fingerprint density at radius 1 is 1.22 bits per heavy atom. The number of fused-ring (bicyclic) bond motifs is 1. The molecule has 0 atom stereocenters. The maximum atomic E-state index is 5.96. The third-order valence-corrected chi connectivity index (χ3v) is 3.57. The molecule has 2 N–H and O–H groups in total. The van der Waals surface area contributed by atoms with Crippen molar-refractivity contribution in [1.29, 1.82) is 0 Å². The lowest BCUT2D eigenvalue weighted by Crippen LogP contribution is -2.00. The number of hydrogen-bond donors (Lipinski definition) is 1. The minimum absolute atomic E-state index is 0.654. The highest BCUT2D eigenvalue weighted by Crippen LogP contribution is 2.31. The van der Waals surface area contributed by atoms with Gasteiger partial charge in [-0.2, -0.15) is 4.37 Å². The number of aromatic nitrogens is 5. The second-order valence-electron chi connectivity index (χ2n) is 4.17. The molecule has 0 saturated heterocycles. The number of aryl methyl sites for hydroxylation is 3. The summed E-state index contributed by atoms with van der Waals surface area (Å²) in [5, 5.41) is 9.05. The highest BCUT2D eigenvalue weighted by Gasteiger charge is 2.18. The molecule has 92 valence electrons. The summed E-state index contributed by atoms with van der Waals surface area (Å²) in [6.07, 6.45) is 0. The highest BCUT2D eigenvalue weighted by atomic mass is 32.1. The van der Waals surface area contributed by atoms with Crippen LogP contribution in [0, 0.1) is 20.8 Å². The fourth-order valence-corrected chi connectivity index (χ4v) is 2.71. The molecule has 0 bridgehead atoms. The van der Waals surface area contributed by atoms with Crippen molar-refractivity contribution in [2.45, 2.75) is 20.8 Å². The molecule has 0 spiro atoms. The van der Waals surface area contributed by atoms with Gasteiger partial charge in [-0.25, -0.2) is 4.98 Å². The monoisotopic (exact) mass is 260 g/mol. The topological polar surface area (TPSA) is 82.0 Å². The average Bonchev–Trinajstić information content (AvgIpc) is 2.83. The molecule has 3 aromatic heterocycles. The second kappa shape index (κ2) is 3.74. The van der Waals surface area contributed by atoms with Crippen molar-refractivity contribution in [1.82, 2.24) is 24.0 Å². The first-order valence-electron chi connectivity index (χ1n) is 5.49. The van der Waals surface area contributed by atoms with E-state index in [0.717, 1.165) is 28.4 Å². The Kier molecular flexibility index (Phi) is 2.30. The molecule has 0 fully saturated rings. The molecule has 7 heteroatoms. The van der Waals surface area contributed by atoms with Gasteiger partial charge in [-0.05, 0) is 32.3 Å². The first-order valence-corrected chi connectivity index (χ1v) is 6.26. The van der Waals surface area contributed by atoms with Crippen LogP contribution in [0.5, 0.6) is 0 Å². The normalized spacial score (nSPS) is 11.3. The van der Waals surface area contributed by atoms with Crippen molar-refractivity contribution in [2.75, 3.05) is 5.73 Å². The van der Waals surface area contributed by atoms with Gasteiger partial charge in [0.05, 0.1) is 11.3 Å². The lowest BCUT2D eigenvalue weighted by atomic mass is 10.2. The van der Waals surface area contributed by atoms with Gasteiger partial charge < -0.3 is 5.73 Å². The first kappa shape index (κ1) is 11.1. The van der Waals surface area contributed by atoms with Gasteiger partial charge in [0.25, 0.3) is 0 Å². The summed E-state index contributed by atoms with van der Waals surface area (Å²) in [7, 11) is 0. The molecule has 0 saturated carbocycles. The van der Waals surface area contributed by atoms with Crippen molar-refractivity contribution in [3.8, 4) is 11.4 Å². The van der Waals surface area contributed by atoms with E-state index in [1.54, 1.807) is 0 Å². The van der Waals surface area contributed by atoms with E-state index in [-0.39, 0.29) is 0 Å². The van der Waals surface area contributed by atoms with E-state index in [0.29, 0.717) is 10.8 Å². The Morgan fingerprint density at radius 3 is 2.67 bits per heavy atom. The Morgan fingerprint density at radius 2 is 2.00 bits per heavy atom. The van der Waals surface area contributed by atoms with E-state index in [9.17, 15) is 0 Å². The van der Waals surface area contributed by atoms with E-state index in [1.807, 2.05) is 31.2 Å². The summed E-state index contributed by atoms with van der Waals surface area (Å²) in [6.45, 7) is 5.78. The van der Waals surface area contributed by atoms with Gasteiger partial charge in [0.1, 0.15) is 10.8 Å². The van der Waals surface area contributed by atoms with Gasteiger partial charge >= 0.3 is 0 Å². The minimum Gasteiger partial charge on any atom is -0.389 e. The average molecular weight is 260 g/mol. The number of nitrogens with two attached hydrogens (primary N) is 1. The van der Waals surface area contributed by atoms with Crippen LogP contribution >= 0.6 is 11.5 Å². The fourth-order valence-electron chi connectivity index (χ4n) is 2.05. The molecule has 3 rings (SSSR count). The van der Waals surface area contributed by atoms with Crippen LogP contribution in [0.15, 0.2) is 6.07 Å². The third kappa shape index (κ3) is 1.47. The van der Waals surface area contributed by atoms with Crippen LogP contribution in [-0.2, 0) is 0 Å². The van der Waals surface area contributed by atoms with Gasteiger partial charge in [-0.3, -0.25) is 4.40 Å². The summed E-state index contributed by atoms with van der Waals surface area (Å²) < 4.78 is 6.14. The van der Waals surface area contributed by atoms with E-state index in [1.165, 1.54) is 11.5 Å². The summed E-state index contributed by atoms with van der Waals surface area (Å²) in [5.74, 6) is 1.55. The van der Waals surface area contributed by atoms with Crippen molar-refractivity contribution >= 4 is 22.2 Å². The van der Waals surface area contributed by atoms with E-state index in [4.69, 9.17) is 5.73 Å². The van der Waals surface area contributed by atoms with Gasteiger partial charge in [0.15, 0.2) is 11.5 Å². The predicted octanol–water partition coefficient (Wildman–Crippen LogP) is 1.76. The Hall–Kier alpha value is -2.02. The number of rotatable bonds is 1. The standard InChI is InChI=1S/C11H12N6S/c1-5-4-8-14-15-11(17(8)7(3)13-5)9-6(2)16-18-10(9)12/h4H,12H2,1-3H3. The summed E-state index contributed by atoms with van der Waals surface area (Å²) >= 11 is 1.27. The molecule has 0 aliphatic carbocycles. The van der Waals surface area contributed by atoms with Crippen LogP contribution in [-0.4, -0.2) is 24.0 Å². The van der Waals surface area contributed by atoms with Gasteiger partial charge in [-0.1, -0.05) is 0 Å². The zero-order valence-corrected chi connectivity index (χ0v) is 11.1. The smallest absolute Gasteiger partial charge is 0.174 e. The molecular weight excluding hydrogens is 248 g/mol. The Bertz CT molecular complexity index is 722. The molecular formula is C11H12N6S. The predicted molar refractivity (Wildman–Crippen MR) is 70.5 cm³/mol. The van der Waals surface area contributed by atoms with Gasteiger partial charge in [0.2, 0.25) is 0 Å². The van der Waals surface area contributed by atoms with Crippen molar-refractivity contribution < 1.29 is 0 Å². The number of hydrogen-bond acceptors (Lipinski definition) is 6. The molecule has 18 heavy (non-hydrogen) atoms. The molecule has 3 heterocycles. The molecule has 6 nitrogen and oxygen atoms in total. The molecule has 0 aromatic carbocycles. The molecule has 0 aliphatic heterocycles. The third-order valence-electron chi connectivity index (χ3n) is 2.80. The molecule has 0 amide bonds. The van der Waals surface area contributed by atoms with E-state index >= 15 is 0 Å². The Labute approximate surface area is 108 Å². The molecule has 3 aromatic rings. The zero-order valence-electron chi connectivity index (χ0n) is 10.3. The van der Waals surface area contributed by atoms with Crippen LogP contribution in [0.1, 0.15) is 17.2 Å². The van der Waals surface area contributed by atoms with Crippen molar-refractivity contribution in [3.05, 3.63) is 23.3 Å². The van der Waals surface area contributed by atoms with Gasteiger partial charge in [0, 0.05) is 11.8 Å². The lowest BCUT2D eigenvalue weighted by molar-refractivity contribution is 0.961. The number of nitrogens with zero attached hydrogens (tertiary/aromatic N) is 5. The summed E-state index contributed by atoms with van der Waals surface area (Å²) in [6, 6.07) is 1.90. The Balaban J connectivity index is 2.38. The number of nitrogen functional groups attached to an aromatic ring is 1. The zero-order chi connectivity index (χ0) is 12.9. The summed E-state index contributed by atoms with van der Waals surface area (Å²) in [4.78, 5) is 4.43. The van der Waals surface area contributed by atoms with Crippen molar-refractivity contribution in [2.24, 2.45) is 0 Å². The SMILES string of the molecule is Cc1cc2nnc(-c3c(C)nsc3N)n2c(C)n1.